The molecular formula is C17H16ClNO3. The number of hydrogen-bond acceptors (Lipinski definition) is 3. The predicted octanol–water partition coefficient (Wildman–Crippen LogP) is 3.06. The second-order valence-corrected chi connectivity index (χ2v) is 5.82. The third kappa shape index (κ3) is 2.66. The Morgan fingerprint density at radius 1 is 1.41 bits per heavy atom. The minimum Gasteiger partial charge on any atom is -0.465 e. The van der Waals surface area contributed by atoms with Crippen molar-refractivity contribution in [2.45, 2.75) is 12.8 Å². The van der Waals surface area contributed by atoms with Crippen LogP contribution >= 0.6 is 11.6 Å². The van der Waals surface area contributed by atoms with Gasteiger partial charge in [-0.1, -0.05) is 29.8 Å². The second-order valence-electron chi connectivity index (χ2n) is 5.38. The summed E-state index contributed by atoms with van der Waals surface area (Å²) in [4.78, 5) is 25.8. The number of fused-ring (bicyclic) bond motifs is 1. The maximum Gasteiger partial charge on any atom is 0.337 e. The van der Waals surface area contributed by atoms with Gasteiger partial charge in [0.05, 0.1) is 12.7 Å². The number of halogens is 1. The predicted molar refractivity (Wildman–Crippen MR) is 85.0 cm³/mol. The van der Waals surface area contributed by atoms with E-state index in [2.05, 4.69) is 0 Å². The van der Waals surface area contributed by atoms with Crippen molar-refractivity contribution < 1.29 is 14.3 Å². The molecule has 5 heteroatoms. The fourth-order valence-corrected chi connectivity index (χ4v) is 3.04. The van der Waals surface area contributed by atoms with Crippen LogP contribution in [-0.4, -0.2) is 25.5 Å². The number of aryl methyl sites for hydroxylation is 1. The van der Waals surface area contributed by atoms with E-state index in [9.17, 15) is 9.59 Å². The lowest BCUT2D eigenvalue weighted by molar-refractivity contribution is -0.119. The molecule has 0 radical (unpaired) electrons. The third-order valence-corrected chi connectivity index (χ3v) is 4.45. The molecule has 1 aliphatic heterocycles. The van der Waals surface area contributed by atoms with Gasteiger partial charge in [-0.15, -0.1) is 0 Å². The van der Waals surface area contributed by atoms with Gasteiger partial charge in [-0.25, -0.2) is 4.79 Å². The van der Waals surface area contributed by atoms with Crippen molar-refractivity contribution in [1.82, 2.24) is 0 Å². The summed E-state index contributed by atoms with van der Waals surface area (Å²) in [6.07, 6.45) is 6.88. The zero-order valence-electron chi connectivity index (χ0n) is 12.2. The number of esters is 1. The molecule has 0 bridgehead atoms. The summed E-state index contributed by atoms with van der Waals surface area (Å²) in [5.74, 6) is -0.336. The van der Waals surface area contributed by atoms with Crippen molar-refractivity contribution >= 4 is 29.2 Å². The normalized spacial score (nSPS) is 19.9. The molecule has 1 heterocycles. The average molecular weight is 318 g/mol. The molecule has 1 aromatic carbocycles. The molecule has 22 heavy (non-hydrogen) atoms. The van der Waals surface area contributed by atoms with Gasteiger partial charge in [0, 0.05) is 29.6 Å². The number of anilines is 1. The number of rotatable bonds is 3. The Kier molecular flexibility index (Phi) is 4.03. The Morgan fingerprint density at radius 2 is 2.23 bits per heavy atom. The number of amides is 1. The number of hydrogen-bond donors (Lipinski definition) is 0. The quantitative estimate of drug-likeness (QED) is 0.805. The fraction of sp³-hybridized carbons (Fsp3) is 0.294. The lowest BCUT2D eigenvalue weighted by Crippen LogP contribution is -2.38. The van der Waals surface area contributed by atoms with Crippen molar-refractivity contribution in [3.63, 3.8) is 0 Å². The van der Waals surface area contributed by atoms with Crippen molar-refractivity contribution in [3.8, 4) is 0 Å². The average Bonchev–Trinajstić information content (AvgIpc) is 2.94. The van der Waals surface area contributed by atoms with E-state index in [4.69, 9.17) is 16.3 Å². The summed E-state index contributed by atoms with van der Waals surface area (Å²) in [6.45, 7) is 0.488. The molecular weight excluding hydrogens is 302 g/mol. The largest absolute Gasteiger partial charge is 0.465 e. The van der Waals surface area contributed by atoms with E-state index in [1.165, 1.54) is 7.11 Å². The van der Waals surface area contributed by atoms with Crippen LogP contribution < -0.4 is 4.90 Å². The number of allylic oxidation sites excluding steroid dienone is 2. The van der Waals surface area contributed by atoms with Crippen molar-refractivity contribution in [2.24, 2.45) is 5.92 Å². The smallest absolute Gasteiger partial charge is 0.337 e. The summed E-state index contributed by atoms with van der Waals surface area (Å²) >= 11 is 6.16. The van der Waals surface area contributed by atoms with Crippen molar-refractivity contribution in [2.75, 3.05) is 18.6 Å². The molecule has 1 amide bonds. The van der Waals surface area contributed by atoms with Gasteiger partial charge in [-0.05, 0) is 30.2 Å². The van der Waals surface area contributed by atoms with E-state index < -0.39 is 5.97 Å². The fourth-order valence-electron chi connectivity index (χ4n) is 2.82. The second kappa shape index (κ2) is 5.97. The van der Waals surface area contributed by atoms with Crippen LogP contribution in [0.2, 0.25) is 0 Å². The molecule has 4 nitrogen and oxygen atoms in total. The highest BCUT2D eigenvalue weighted by Crippen LogP contribution is 2.32. The topological polar surface area (TPSA) is 46.6 Å². The Hall–Kier alpha value is -2.07. The first-order valence-electron chi connectivity index (χ1n) is 7.15. The van der Waals surface area contributed by atoms with Gasteiger partial charge in [-0.3, -0.25) is 4.79 Å². The number of ether oxygens (including phenoxy) is 1. The Bertz CT molecular complexity index is 693. The highest BCUT2D eigenvalue weighted by Gasteiger charge is 2.28. The van der Waals surface area contributed by atoms with E-state index in [1.807, 2.05) is 24.3 Å². The number of carbonyl (C=O) groups is 2. The summed E-state index contributed by atoms with van der Waals surface area (Å²) in [5, 5.41) is 0.726. The summed E-state index contributed by atoms with van der Waals surface area (Å²) < 4.78 is 4.76. The zero-order chi connectivity index (χ0) is 15.7. The number of nitrogens with zero attached hydrogens (tertiary/aromatic N) is 1. The van der Waals surface area contributed by atoms with Gasteiger partial charge in [0.2, 0.25) is 5.91 Å². The third-order valence-electron chi connectivity index (χ3n) is 4.04. The summed E-state index contributed by atoms with van der Waals surface area (Å²) in [5.41, 5.74) is 2.29. The molecule has 2 aliphatic rings. The minimum absolute atomic E-state index is 0.0124. The van der Waals surface area contributed by atoms with E-state index >= 15 is 0 Å². The van der Waals surface area contributed by atoms with Gasteiger partial charge in [-0.2, -0.15) is 0 Å². The van der Waals surface area contributed by atoms with Gasteiger partial charge in [0.1, 0.15) is 0 Å². The number of benzene rings is 1. The highest BCUT2D eigenvalue weighted by molar-refractivity contribution is 6.30. The van der Waals surface area contributed by atoms with Gasteiger partial charge < -0.3 is 9.64 Å². The van der Waals surface area contributed by atoms with Gasteiger partial charge in [0.25, 0.3) is 0 Å². The Balaban J connectivity index is 1.94. The summed E-state index contributed by atoms with van der Waals surface area (Å²) in [6, 6.07) is 5.36. The molecule has 1 atom stereocenters. The Labute approximate surface area is 134 Å². The first kappa shape index (κ1) is 14.9. The van der Waals surface area contributed by atoms with Crippen LogP contribution in [0.3, 0.4) is 0 Å². The monoisotopic (exact) mass is 317 g/mol. The van der Waals surface area contributed by atoms with Gasteiger partial charge in [0.15, 0.2) is 0 Å². The van der Waals surface area contributed by atoms with Crippen LogP contribution in [0.4, 0.5) is 5.69 Å². The molecule has 1 unspecified atom stereocenters. The zero-order valence-corrected chi connectivity index (χ0v) is 13.0. The highest BCUT2D eigenvalue weighted by atomic mass is 35.5. The molecule has 114 valence electrons. The van der Waals surface area contributed by atoms with Crippen molar-refractivity contribution in [3.05, 3.63) is 52.6 Å². The standard InChI is InChI=1S/C17H16ClNO3/c1-22-17(21)12-6-5-11-7-8-16(20)19(15(11)9-12)10-13-3-2-4-14(13)18/h2-6,9,13H,7-8,10H2,1H3. The maximum atomic E-state index is 12.3. The van der Waals surface area contributed by atoms with E-state index in [1.54, 1.807) is 17.0 Å². The molecule has 0 spiro atoms. The molecule has 1 aromatic rings. The number of methoxy groups -OCH3 is 1. The number of carbonyl (C=O) groups excluding carboxylic acids is 2. The van der Waals surface area contributed by atoms with Crippen LogP contribution in [0.25, 0.3) is 0 Å². The van der Waals surface area contributed by atoms with Gasteiger partial charge >= 0.3 is 5.97 Å². The molecule has 0 saturated carbocycles. The lowest BCUT2D eigenvalue weighted by atomic mass is 9.97. The van der Waals surface area contributed by atoms with E-state index in [-0.39, 0.29) is 11.8 Å². The van der Waals surface area contributed by atoms with Crippen LogP contribution in [0, 0.1) is 5.92 Å². The van der Waals surface area contributed by atoms with Crippen LogP contribution in [0.1, 0.15) is 22.3 Å². The molecule has 1 aliphatic carbocycles. The first-order valence-corrected chi connectivity index (χ1v) is 7.53. The molecule has 0 N–H and O–H groups in total. The minimum atomic E-state index is -0.403. The van der Waals surface area contributed by atoms with Crippen LogP contribution in [0.5, 0.6) is 0 Å². The summed E-state index contributed by atoms with van der Waals surface area (Å²) in [7, 11) is 1.35. The van der Waals surface area contributed by atoms with Crippen LogP contribution in [0.15, 0.2) is 41.5 Å². The SMILES string of the molecule is COC(=O)c1ccc2c(c1)N(CC1C=CC=C1Cl)C(=O)CC2. The molecule has 0 saturated heterocycles. The molecule has 3 rings (SSSR count). The van der Waals surface area contributed by atoms with E-state index in [0.29, 0.717) is 24.9 Å². The molecule has 0 fully saturated rings. The Morgan fingerprint density at radius 3 is 2.91 bits per heavy atom. The first-order chi connectivity index (χ1) is 10.6. The lowest BCUT2D eigenvalue weighted by Gasteiger charge is -2.31. The van der Waals surface area contributed by atoms with Crippen molar-refractivity contribution in [1.29, 1.82) is 0 Å². The van der Waals surface area contributed by atoms with E-state index in [0.717, 1.165) is 16.3 Å². The van der Waals surface area contributed by atoms with Crippen LogP contribution in [-0.2, 0) is 16.0 Å². The maximum absolute atomic E-state index is 12.3. The molecule has 0 aromatic heterocycles.